The van der Waals surface area contributed by atoms with Gasteiger partial charge in [-0.25, -0.2) is 4.39 Å². The van der Waals surface area contributed by atoms with Crippen LogP contribution in [0.25, 0.3) is 11.3 Å². The van der Waals surface area contributed by atoms with E-state index in [0.717, 1.165) is 17.1 Å². The van der Waals surface area contributed by atoms with Crippen molar-refractivity contribution in [2.45, 2.75) is 13.0 Å². The first-order chi connectivity index (χ1) is 14.6. The van der Waals surface area contributed by atoms with E-state index in [-0.39, 0.29) is 5.91 Å². The Morgan fingerprint density at radius 1 is 1.07 bits per heavy atom. The number of rotatable bonds is 5. The molecule has 1 aromatic carbocycles. The van der Waals surface area contributed by atoms with Gasteiger partial charge < -0.3 is 14.5 Å². The molecule has 8 heteroatoms. The van der Waals surface area contributed by atoms with Gasteiger partial charge in [0.15, 0.2) is 11.9 Å². The van der Waals surface area contributed by atoms with Gasteiger partial charge in [0.2, 0.25) is 0 Å². The Balaban J connectivity index is 1.32. The lowest BCUT2D eigenvalue weighted by Gasteiger charge is -2.36. The molecule has 3 aromatic rings. The molecule has 0 bridgehead atoms. The fraction of sp³-hybridized carbons (Fsp3) is 0.273. The molecule has 1 atom stereocenters. The van der Waals surface area contributed by atoms with Crippen LogP contribution in [0.5, 0.6) is 5.75 Å². The first-order valence-corrected chi connectivity index (χ1v) is 9.80. The van der Waals surface area contributed by atoms with Gasteiger partial charge in [-0.3, -0.25) is 9.78 Å². The highest BCUT2D eigenvalue weighted by Gasteiger charge is 2.26. The summed E-state index contributed by atoms with van der Waals surface area (Å²) < 4.78 is 18.9. The fourth-order valence-electron chi connectivity index (χ4n) is 3.37. The van der Waals surface area contributed by atoms with Gasteiger partial charge in [0.25, 0.3) is 5.91 Å². The number of nitrogens with zero attached hydrogens (tertiary/aromatic N) is 5. The first-order valence-electron chi connectivity index (χ1n) is 9.80. The summed E-state index contributed by atoms with van der Waals surface area (Å²) in [4.78, 5) is 20.6. The fourth-order valence-corrected chi connectivity index (χ4v) is 3.37. The predicted octanol–water partition coefficient (Wildman–Crippen LogP) is 2.79. The lowest BCUT2D eigenvalue weighted by atomic mass is 10.2. The SMILES string of the molecule is CC(Oc1cccc(F)c1)C(=O)N1CCN(c2ccc(-c3cccnc3)nn2)CC1. The Labute approximate surface area is 174 Å². The number of anilines is 1. The van der Waals surface area contributed by atoms with Crippen molar-refractivity contribution in [3.05, 3.63) is 66.7 Å². The van der Waals surface area contributed by atoms with E-state index in [4.69, 9.17) is 4.74 Å². The van der Waals surface area contributed by atoms with Crippen LogP contribution in [0.2, 0.25) is 0 Å². The predicted molar refractivity (Wildman–Crippen MR) is 111 cm³/mol. The molecule has 0 N–H and O–H groups in total. The van der Waals surface area contributed by atoms with E-state index in [1.54, 1.807) is 36.4 Å². The summed E-state index contributed by atoms with van der Waals surface area (Å²) in [6.07, 6.45) is 2.79. The lowest BCUT2D eigenvalue weighted by Crippen LogP contribution is -2.52. The van der Waals surface area contributed by atoms with E-state index >= 15 is 0 Å². The first kappa shape index (κ1) is 19.8. The van der Waals surface area contributed by atoms with E-state index < -0.39 is 11.9 Å². The molecule has 7 nitrogen and oxygen atoms in total. The van der Waals surface area contributed by atoms with Crippen LogP contribution < -0.4 is 9.64 Å². The molecular weight excluding hydrogens is 385 g/mol. The molecule has 0 aliphatic carbocycles. The maximum atomic E-state index is 13.3. The number of amides is 1. The third-order valence-electron chi connectivity index (χ3n) is 4.98. The van der Waals surface area contributed by atoms with Gasteiger partial charge in [-0.15, -0.1) is 10.2 Å². The van der Waals surface area contributed by atoms with Gasteiger partial charge in [-0.05, 0) is 43.3 Å². The minimum absolute atomic E-state index is 0.114. The van der Waals surface area contributed by atoms with Crippen LogP contribution in [-0.4, -0.2) is 58.3 Å². The number of piperazine rings is 1. The smallest absolute Gasteiger partial charge is 0.263 e. The standard InChI is InChI=1S/C22H22FN5O2/c1-16(30-19-6-2-5-18(23)14-19)22(29)28-12-10-27(11-13-28)21-8-7-20(25-26-21)17-4-3-9-24-15-17/h2-9,14-16H,10-13H2,1H3. The molecule has 2 aromatic heterocycles. The van der Waals surface area contributed by atoms with Crippen molar-refractivity contribution in [1.82, 2.24) is 20.1 Å². The quantitative estimate of drug-likeness (QED) is 0.648. The second-order valence-corrected chi connectivity index (χ2v) is 7.05. The third-order valence-corrected chi connectivity index (χ3v) is 4.98. The summed E-state index contributed by atoms with van der Waals surface area (Å²) >= 11 is 0. The molecule has 4 rings (SSSR count). The third kappa shape index (κ3) is 4.53. The number of carbonyl (C=O) groups is 1. The highest BCUT2D eigenvalue weighted by Crippen LogP contribution is 2.19. The molecule has 1 aliphatic rings. The average Bonchev–Trinajstić information content (AvgIpc) is 2.79. The van der Waals surface area contributed by atoms with Crippen LogP contribution in [0.15, 0.2) is 60.9 Å². The molecule has 1 unspecified atom stereocenters. The highest BCUT2D eigenvalue weighted by molar-refractivity contribution is 5.81. The van der Waals surface area contributed by atoms with Crippen molar-refractivity contribution in [2.24, 2.45) is 0 Å². The van der Waals surface area contributed by atoms with Crippen LogP contribution in [0.1, 0.15) is 6.92 Å². The van der Waals surface area contributed by atoms with Crippen molar-refractivity contribution >= 4 is 11.7 Å². The largest absolute Gasteiger partial charge is 0.481 e. The molecule has 0 saturated carbocycles. The second kappa shape index (κ2) is 8.86. The van der Waals surface area contributed by atoms with Crippen LogP contribution in [0.3, 0.4) is 0 Å². The van der Waals surface area contributed by atoms with Crippen LogP contribution in [-0.2, 0) is 4.79 Å². The number of benzene rings is 1. The Kier molecular flexibility index (Phi) is 5.83. The Morgan fingerprint density at radius 3 is 2.57 bits per heavy atom. The summed E-state index contributed by atoms with van der Waals surface area (Å²) in [5, 5.41) is 8.63. The van der Waals surface area contributed by atoms with Crippen LogP contribution in [0.4, 0.5) is 10.2 Å². The maximum absolute atomic E-state index is 13.3. The summed E-state index contributed by atoms with van der Waals surface area (Å²) in [5.74, 6) is 0.616. The van der Waals surface area contributed by atoms with Gasteiger partial charge in [-0.2, -0.15) is 0 Å². The number of halogens is 1. The summed E-state index contributed by atoms with van der Waals surface area (Å²) in [6, 6.07) is 13.5. The molecule has 1 saturated heterocycles. The zero-order valence-corrected chi connectivity index (χ0v) is 16.6. The lowest BCUT2D eigenvalue weighted by molar-refractivity contribution is -0.138. The van der Waals surface area contributed by atoms with Gasteiger partial charge in [0.1, 0.15) is 11.6 Å². The Hall–Kier alpha value is -3.55. The topological polar surface area (TPSA) is 71.5 Å². The molecule has 154 valence electrons. The van der Waals surface area contributed by atoms with Crippen molar-refractivity contribution in [2.75, 3.05) is 31.1 Å². The summed E-state index contributed by atoms with van der Waals surface area (Å²) in [7, 11) is 0. The van der Waals surface area contributed by atoms with E-state index in [9.17, 15) is 9.18 Å². The molecule has 1 amide bonds. The molecule has 1 fully saturated rings. The van der Waals surface area contributed by atoms with Crippen molar-refractivity contribution in [1.29, 1.82) is 0 Å². The van der Waals surface area contributed by atoms with Crippen molar-refractivity contribution < 1.29 is 13.9 Å². The van der Waals surface area contributed by atoms with Gasteiger partial charge in [-0.1, -0.05) is 6.07 Å². The highest BCUT2D eigenvalue weighted by atomic mass is 19.1. The van der Waals surface area contributed by atoms with Crippen LogP contribution >= 0.6 is 0 Å². The number of aromatic nitrogens is 3. The monoisotopic (exact) mass is 407 g/mol. The molecule has 0 spiro atoms. The normalized spacial score (nSPS) is 15.0. The van der Waals surface area contributed by atoms with E-state index in [2.05, 4.69) is 20.1 Å². The number of pyridine rings is 1. The zero-order valence-electron chi connectivity index (χ0n) is 16.6. The minimum atomic E-state index is -0.683. The second-order valence-electron chi connectivity index (χ2n) is 7.05. The molecule has 3 heterocycles. The molecule has 30 heavy (non-hydrogen) atoms. The zero-order chi connectivity index (χ0) is 20.9. The molecule has 0 radical (unpaired) electrons. The summed E-state index contributed by atoms with van der Waals surface area (Å²) in [6.45, 7) is 4.10. The van der Waals surface area contributed by atoms with Gasteiger partial charge in [0.05, 0.1) is 5.69 Å². The van der Waals surface area contributed by atoms with E-state index in [0.29, 0.717) is 31.9 Å². The molecule has 1 aliphatic heterocycles. The Bertz CT molecular complexity index is 992. The van der Waals surface area contributed by atoms with E-state index in [1.807, 2.05) is 24.3 Å². The van der Waals surface area contributed by atoms with Crippen molar-refractivity contribution in [3.63, 3.8) is 0 Å². The van der Waals surface area contributed by atoms with Gasteiger partial charge in [0, 0.05) is 50.2 Å². The number of hydrogen-bond donors (Lipinski definition) is 0. The average molecular weight is 407 g/mol. The van der Waals surface area contributed by atoms with E-state index in [1.165, 1.54) is 12.1 Å². The van der Waals surface area contributed by atoms with Crippen molar-refractivity contribution in [3.8, 4) is 17.0 Å². The minimum Gasteiger partial charge on any atom is -0.481 e. The summed E-state index contributed by atoms with van der Waals surface area (Å²) in [5.41, 5.74) is 1.68. The maximum Gasteiger partial charge on any atom is 0.263 e. The van der Waals surface area contributed by atoms with Gasteiger partial charge >= 0.3 is 0 Å². The Morgan fingerprint density at radius 2 is 1.90 bits per heavy atom. The molecular formula is C22H22FN5O2. The number of carbonyl (C=O) groups excluding carboxylic acids is 1. The number of hydrogen-bond acceptors (Lipinski definition) is 6. The number of ether oxygens (including phenoxy) is 1. The van der Waals surface area contributed by atoms with Crippen LogP contribution in [0, 0.1) is 5.82 Å².